The van der Waals surface area contributed by atoms with Crippen LogP contribution in [0.15, 0.2) is 24.3 Å². The van der Waals surface area contributed by atoms with Gasteiger partial charge in [0.05, 0.1) is 18.1 Å². The molecular formula is C13H17ClN2O4S. The van der Waals surface area contributed by atoms with Crippen molar-refractivity contribution >= 4 is 27.5 Å². The maximum atomic E-state index is 11.6. The van der Waals surface area contributed by atoms with Crippen molar-refractivity contribution in [1.82, 2.24) is 10.6 Å². The number of sulfone groups is 1. The number of carbonyl (C=O) groups excluding carboxylic acids is 1. The van der Waals surface area contributed by atoms with Crippen molar-refractivity contribution in [2.45, 2.75) is 12.5 Å². The van der Waals surface area contributed by atoms with Gasteiger partial charge in [-0.1, -0.05) is 17.7 Å². The van der Waals surface area contributed by atoms with Crippen LogP contribution in [0.3, 0.4) is 0 Å². The predicted octanol–water partition coefficient (Wildman–Crippen LogP) is 1.21. The van der Waals surface area contributed by atoms with Gasteiger partial charge in [-0.2, -0.15) is 0 Å². The molecule has 6 nitrogen and oxygen atoms in total. The van der Waals surface area contributed by atoms with Gasteiger partial charge < -0.3 is 15.4 Å². The average Bonchev–Trinajstić information content (AvgIpc) is 2.74. The Kier molecular flexibility index (Phi) is 5.30. The van der Waals surface area contributed by atoms with Gasteiger partial charge in [0.2, 0.25) is 0 Å². The zero-order valence-corrected chi connectivity index (χ0v) is 12.9. The summed E-state index contributed by atoms with van der Waals surface area (Å²) < 4.78 is 27.9. The summed E-state index contributed by atoms with van der Waals surface area (Å²) in [5, 5.41) is 5.84. The molecule has 0 saturated carbocycles. The number of urea groups is 1. The highest BCUT2D eigenvalue weighted by Crippen LogP contribution is 2.16. The van der Waals surface area contributed by atoms with Crippen LogP contribution in [0.5, 0.6) is 5.75 Å². The van der Waals surface area contributed by atoms with E-state index in [0.29, 0.717) is 30.3 Å². The number of amides is 2. The third-order valence-electron chi connectivity index (χ3n) is 3.02. The molecule has 1 heterocycles. The molecule has 1 aliphatic rings. The Bertz CT molecular complexity index is 606. The fourth-order valence-corrected chi connectivity index (χ4v) is 3.89. The van der Waals surface area contributed by atoms with Crippen LogP contribution in [0.1, 0.15) is 6.42 Å². The molecule has 0 radical (unpaired) electrons. The number of ether oxygens (including phenoxy) is 1. The van der Waals surface area contributed by atoms with Gasteiger partial charge in [-0.3, -0.25) is 0 Å². The summed E-state index contributed by atoms with van der Waals surface area (Å²) in [6, 6.07) is 6.30. The molecule has 1 saturated heterocycles. The summed E-state index contributed by atoms with van der Waals surface area (Å²) in [7, 11) is -2.99. The van der Waals surface area contributed by atoms with Crippen LogP contribution in [-0.2, 0) is 9.84 Å². The second-order valence-corrected chi connectivity index (χ2v) is 7.47. The summed E-state index contributed by atoms with van der Waals surface area (Å²) in [6.07, 6.45) is 0.467. The highest BCUT2D eigenvalue weighted by Gasteiger charge is 2.28. The number of hydrogen-bond acceptors (Lipinski definition) is 4. The lowest BCUT2D eigenvalue weighted by Crippen LogP contribution is -2.43. The van der Waals surface area contributed by atoms with E-state index >= 15 is 0 Å². The number of nitrogens with one attached hydrogen (secondary N) is 2. The lowest BCUT2D eigenvalue weighted by atomic mass is 10.3. The first kappa shape index (κ1) is 15.9. The summed E-state index contributed by atoms with van der Waals surface area (Å²) >= 11 is 5.82. The minimum Gasteiger partial charge on any atom is -0.492 e. The highest BCUT2D eigenvalue weighted by atomic mass is 35.5. The third-order valence-corrected chi connectivity index (χ3v) is 5.02. The van der Waals surface area contributed by atoms with E-state index in [1.54, 1.807) is 24.3 Å². The minimum absolute atomic E-state index is 0.0133. The number of hydrogen-bond donors (Lipinski definition) is 2. The number of carbonyl (C=O) groups is 1. The van der Waals surface area contributed by atoms with Gasteiger partial charge >= 0.3 is 6.03 Å². The molecule has 2 rings (SSSR count). The maximum Gasteiger partial charge on any atom is 0.315 e. The first-order valence-electron chi connectivity index (χ1n) is 6.58. The van der Waals surface area contributed by atoms with E-state index in [1.807, 2.05) is 0 Å². The molecule has 0 aliphatic carbocycles. The first-order valence-corrected chi connectivity index (χ1v) is 8.78. The Labute approximate surface area is 128 Å². The van der Waals surface area contributed by atoms with E-state index in [-0.39, 0.29) is 23.6 Å². The smallest absolute Gasteiger partial charge is 0.315 e. The monoisotopic (exact) mass is 332 g/mol. The summed E-state index contributed by atoms with van der Waals surface area (Å²) in [4.78, 5) is 11.6. The van der Waals surface area contributed by atoms with E-state index in [2.05, 4.69) is 10.6 Å². The van der Waals surface area contributed by atoms with E-state index in [0.717, 1.165) is 0 Å². The predicted molar refractivity (Wildman–Crippen MR) is 80.5 cm³/mol. The number of rotatable bonds is 5. The van der Waals surface area contributed by atoms with Crippen LogP contribution in [0.2, 0.25) is 5.02 Å². The molecule has 1 atom stereocenters. The molecule has 1 aromatic rings. The summed E-state index contributed by atoms with van der Waals surface area (Å²) in [6.45, 7) is 0.620. The Hall–Kier alpha value is -1.47. The van der Waals surface area contributed by atoms with E-state index in [9.17, 15) is 13.2 Å². The molecule has 0 spiro atoms. The van der Waals surface area contributed by atoms with Crippen molar-refractivity contribution < 1.29 is 17.9 Å². The Balaban J connectivity index is 1.64. The van der Waals surface area contributed by atoms with Gasteiger partial charge in [0.15, 0.2) is 9.84 Å². The Morgan fingerprint density at radius 1 is 1.43 bits per heavy atom. The van der Waals surface area contributed by atoms with Crippen LogP contribution in [0, 0.1) is 0 Å². The van der Waals surface area contributed by atoms with Gasteiger partial charge in [-0.05, 0) is 24.6 Å². The standard InChI is InChI=1S/C13H17ClN2O4S/c14-10-2-1-3-12(8-10)20-6-5-15-13(17)16-11-4-7-21(18,19)9-11/h1-3,8,11H,4-7,9H2,(H2,15,16,17). The summed E-state index contributed by atoms with van der Waals surface area (Å²) in [5.74, 6) is 0.779. The molecule has 0 aromatic heterocycles. The highest BCUT2D eigenvalue weighted by molar-refractivity contribution is 7.91. The fraction of sp³-hybridized carbons (Fsp3) is 0.462. The van der Waals surface area contributed by atoms with Crippen LogP contribution in [0.25, 0.3) is 0 Å². The average molecular weight is 333 g/mol. The van der Waals surface area contributed by atoms with Crippen molar-refractivity contribution in [3.8, 4) is 5.75 Å². The Morgan fingerprint density at radius 2 is 2.24 bits per heavy atom. The second-order valence-electron chi connectivity index (χ2n) is 4.81. The normalized spacial score (nSPS) is 20.0. The van der Waals surface area contributed by atoms with Crippen molar-refractivity contribution in [2.75, 3.05) is 24.7 Å². The van der Waals surface area contributed by atoms with Crippen molar-refractivity contribution in [1.29, 1.82) is 0 Å². The summed E-state index contributed by atoms with van der Waals surface area (Å²) in [5.41, 5.74) is 0. The lowest BCUT2D eigenvalue weighted by Gasteiger charge is -2.12. The van der Waals surface area contributed by atoms with Crippen LogP contribution >= 0.6 is 11.6 Å². The van der Waals surface area contributed by atoms with E-state index in [4.69, 9.17) is 16.3 Å². The molecule has 21 heavy (non-hydrogen) atoms. The van der Waals surface area contributed by atoms with Crippen molar-refractivity contribution in [3.63, 3.8) is 0 Å². The molecule has 1 fully saturated rings. The van der Waals surface area contributed by atoms with Gasteiger partial charge in [-0.25, -0.2) is 13.2 Å². The van der Waals surface area contributed by atoms with Gasteiger partial charge in [0.25, 0.3) is 0 Å². The Morgan fingerprint density at radius 3 is 2.90 bits per heavy atom. The first-order chi connectivity index (χ1) is 9.94. The quantitative estimate of drug-likeness (QED) is 0.794. The second kappa shape index (κ2) is 7.00. The minimum atomic E-state index is -2.99. The largest absolute Gasteiger partial charge is 0.492 e. The van der Waals surface area contributed by atoms with Crippen LogP contribution < -0.4 is 15.4 Å². The third kappa shape index (κ3) is 5.43. The molecule has 2 N–H and O–H groups in total. The molecule has 1 aliphatic heterocycles. The molecule has 1 aromatic carbocycles. The van der Waals surface area contributed by atoms with Gasteiger partial charge in [-0.15, -0.1) is 0 Å². The molecule has 0 bridgehead atoms. The SMILES string of the molecule is O=C(NCCOc1cccc(Cl)c1)NC1CCS(=O)(=O)C1. The van der Waals surface area contributed by atoms with E-state index < -0.39 is 9.84 Å². The van der Waals surface area contributed by atoms with Gasteiger partial charge in [0, 0.05) is 11.1 Å². The zero-order chi connectivity index (χ0) is 15.3. The molecule has 116 valence electrons. The molecular weight excluding hydrogens is 316 g/mol. The maximum absolute atomic E-state index is 11.6. The molecule has 1 unspecified atom stereocenters. The van der Waals surface area contributed by atoms with Crippen LogP contribution in [-0.4, -0.2) is 45.1 Å². The van der Waals surface area contributed by atoms with Gasteiger partial charge in [0.1, 0.15) is 12.4 Å². The fourth-order valence-electron chi connectivity index (χ4n) is 2.04. The topological polar surface area (TPSA) is 84.5 Å². The van der Waals surface area contributed by atoms with Crippen LogP contribution in [0.4, 0.5) is 4.79 Å². The number of benzene rings is 1. The molecule has 2 amide bonds. The van der Waals surface area contributed by atoms with E-state index in [1.165, 1.54) is 0 Å². The lowest BCUT2D eigenvalue weighted by molar-refractivity contribution is 0.233. The molecule has 8 heteroatoms. The number of halogens is 1. The van der Waals surface area contributed by atoms with Crippen molar-refractivity contribution in [3.05, 3.63) is 29.3 Å². The van der Waals surface area contributed by atoms with Crippen molar-refractivity contribution in [2.24, 2.45) is 0 Å². The zero-order valence-electron chi connectivity index (χ0n) is 11.3.